The highest BCUT2D eigenvalue weighted by molar-refractivity contribution is 7.09. The molecule has 0 fully saturated rings. The van der Waals surface area contributed by atoms with Gasteiger partial charge in [0, 0.05) is 16.1 Å². The second kappa shape index (κ2) is 6.58. The molecule has 24 heavy (non-hydrogen) atoms. The van der Waals surface area contributed by atoms with Crippen molar-refractivity contribution in [2.24, 2.45) is 0 Å². The highest BCUT2D eigenvalue weighted by atomic mass is 35.5. The molecule has 1 aromatic carbocycles. The molecule has 0 saturated heterocycles. The van der Waals surface area contributed by atoms with E-state index in [4.69, 9.17) is 11.6 Å². The number of amides is 1. The second-order valence-electron chi connectivity index (χ2n) is 5.04. The smallest absolute Gasteiger partial charge is 0.424 e. The van der Waals surface area contributed by atoms with E-state index in [1.165, 1.54) is 30.5 Å². The summed E-state index contributed by atoms with van der Waals surface area (Å²) in [7, 11) is 0. The number of phenolic OH excluding ortho intramolecular Hbond substituents is 1. The Morgan fingerprint density at radius 3 is 2.62 bits per heavy atom. The van der Waals surface area contributed by atoms with E-state index in [-0.39, 0.29) is 16.5 Å². The monoisotopic (exact) mass is 380 g/mol. The van der Waals surface area contributed by atoms with E-state index >= 15 is 0 Å². The summed E-state index contributed by atoms with van der Waals surface area (Å²) in [5.74, 6) is -1.52. The van der Waals surface area contributed by atoms with Gasteiger partial charge in [-0.25, -0.2) is 4.98 Å². The van der Waals surface area contributed by atoms with Crippen LogP contribution in [0.15, 0.2) is 23.6 Å². The zero-order valence-electron chi connectivity index (χ0n) is 12.2. The van der Waals surface area contributed by atoms with Crippen molar-refractivity contribution < 1.29 is 28.2 Å². The molecule has 10 heteroatoms. The summed E-state index contributed by atoms with van der Waals surface area (Å²) < 4.78 is 39.9. The lowest BCUT2D eigenvalue weighted by Gasteiger charge is -2.27. The maximum Gasteiger partial charge on any atom is 0.424 e. The number of alkyl halides is 3. The Balaban J connectivity index is 2.27. The fourth-order valence-electron chi connectivity index (χ4n) is 1.88. The van der Waals surface area contributed by atoms with Crippen LogP contribution in [0, 0.1) is 6.92 Å². The maximum atomic E-state index is 13.3. The van der Waals surface area contributed by atoms with Crippen molar-refractivity contribution >= 4 is 34.5 Å². The molecule has 0 aliphatic rings. The van der Waals surface area contributed by atoms with Crippen molar-refractivity contribution in [1.29, 1.82) is 0 Å². The number of carbonyl (C=O) groups is 1. The van der Waals surface area contributed by atoms with Gasteiger partial charge >= 0.3 is 6.18 Å². The molecule has 0 unspecified atom stereocenters. The Kier molecular flexibility index (Phi) is 5.07. The molecule has 3 N–H and O–H groups in total. The van der Waals surface area contributed by atoms with Crippen LogP contribution in [-0.2, 0) is 10.4 Å². The third-order valence-electron chi connectivity index (χ3n) is 3.09. The highest BCUT2D eigenvalue weighted by Crippen LogP contribution is 2.43. The number of hydrogen-bond donors (Lipinski definition) is 3. The number of thiazole rings is 1. The molecule has 1 aromatic heterocycles. The lowest BCUT2D eigenvalue weighted by atomic mass is 9.99. The molecular weight excluding hydrogens is 369 g/mol. The third-order valence-corrected chi connectivity index (χ3v) is 4.44. The number of aliphatic hydroxyl groups is 1. The maximum absolute atomic E-state index is 13.3. The van der Waals surface area contributed by atoms with Gasteiger partial charge in [0.15, 0.2) is 0 Å². The highest BCUT2D eigenvalue weighted by Gasteiger charge is 2.58. The largest absolute Gasteiger partial charge is 0.506 e. The SMILES string of the molecule is Cc1csc([C@](O)(CC(=O)Nc2cc(Cl)ccc2O)C(F)(F)F)n1. The normalized spacial score (nSPS) is 14.2. The number of phenols is 1. The number of aromatic nitrogens is 1. The molecule has 2 rings (SSSR count). The summed E-state index contributed by atoms with van der Waals surface area (Å²) >= 11 is 6.31. The topological polar surface area (TPSA) is 82.5 Å². The first-order valence-electron chi connectivity index (χ1n) is 6.53. The lowest BCUT2D eigenvalue weighted by Crippen LogP contribution is -2.45. The van der Waals surface area contributed by atoms with Crippen molar-refractivity contribution in [3.63, 3.8) is 0 Å². The van der Waals surface area contributed by atoms with Crippen molar-refractivity contribution in [2.75, 3.05) is 5.32 Å². The standard InChI is InChI=1S/C14H12ClF3N2O3S/c1-7-6-24-12(19-7)13(23,14(16,17)18)5-11(22)20-9-4-8(15)2-3-10(9)21/h2-4,6,21,23H,5H2,1H3,(H,20,22)/t13-/m1/s1. The lowest BCUT2D eigenvalue weighted by molar-refractivity contribution is -0.266. The minimum atomic E-state index is -5.11. The summed E-state index contributed by atoms with van der Waals surface area (Å²) in [4.78, 5) is 15.6. The van der Waals surface area contributed by atoms with Crippen LogP contribution in [0.2, 0.25) is 5.02 Å². The number of halogens is 4. The summed E-state index contributed by atoms with van der Waals surface area (Å²) in [6.07, 6.45) is -6.42. The molecule has 1 atom stereocenters. The van der Waals surface area contributed by atoms with E-state index in [2.05, 4.69) is 10.3 Å². The first kappa shape index (κ1) is 18.5. The van der Waals surface area contributed by atoms with Crippen LogP contribution in [0.1, 0.15) is 17.1 Å². The fourth-order valence-corrected chi connectivity index (χ4v) is 2.96. The average Bonchev–Trinajstić information content (AvgIpc) is 2.88. The van der Waals surface area contributed by atoms with Gasteiger partial charge in [-0.05, 0) is 25.1 Å². The van der Waals surface area contributed by atoms with Crippen LogP contribution < -0.4 is 5.32 Å². The number of benzene rings is 1. The Bertz CT molecular complexity index is 766. The number of anilines is 1. The molecule has 0 bridgehead atoms. The van der Waals surface area contributed by atoms with E-state index in [0.29, 0.717) is 17.0 Å². The average molecular weight is 381 g/mol. The van der Waals surface area contributed by atoms with Gasteiger partial charge in [-0.3, -0.25) is 4.79 Å². The van der Waals surface area contributed by atoms with Crippen molar-refractivity contribution in [3.05, 3.63) is 39.3 Å². The zero-order chi connectivity index (χ0) is 18.1. The number of nitrogens with zero attached hydrogens (tertiary/aromatic N) is 1. The molecular formula is C14H12ClF3N2O3S. The van der Waals surface area contributed by atoms with E-state index in [9.17, 15) is 28.2 Å². The number of aromatic hydroxyl groups is 1. The first-order chi connectivity index (χ1) is 11.0. The molecule has 0 aliphatic heterocycles. The predicted molar refractivity (Wildman–Crippen MR) is 83.2 cm³/mol. The van der Waals surface area contributed by atoms with Gasteiger partial charge in [0.25, 0.3) is 0 Å². The minimum absolute atomic E-state index is 0.160. The molecule has 0 radical (unpaired) electrons. The van der Waals surface area contributed by atoms with Crippen molar-refractivity contribution in [1.82, 2.24) is 4.98 Å². The second-order valence-corrected chi connectivity index (χ2v) is 6.33. The Hall–Kier alpha value is -1.84. The van der Waals surface area contributed by atoms with Gasteiger partial charge in [-0.1, -0.05) is 11.6 Å². The molecule has 1 heterocycles. The molecule has 2 aromatic rings. The van der Waals surface area contributed by atoms with Crippen LogP contribution in [0.25, 0.3) is 0 Å². The van der Waals surface area contributed by atoms with Gasteiger partial charge in [0.05, 0.1) is 12.1 Å². The van der Waals surface area contributed by atoms with E-state index in [1.807, 2.05) is 0 Å². The summed E-state index contributed by atoms with van der Waals surface area (Å²) in [6, 6.07) is 3.70. The van der Waals surface area contributed by atoms with E-state index in [0.717, 1.165) is 0 Å². The Labute approximate surface area is 143 Å². The van der Waals surface area contributed by atoms with Crippen LogP contribution in [0.5, 0.6) is 5.75 Å². The van der Waals surface area contributed by atoms with E-state index in [1.54, 1.807) is 0 Å². The molecule has 130 valence electrons. The van der Waals surface area contributed by atoms with Gasteiger partial charge in [0.1, 0.15) is 10.8 Å². The Morgan fingerprint density at radius 1 is 1.42 bits per heavy atom. The molecule has 1 amide bonds. The van der Waals surface area contributed by atoms with Gasteiger partial charge < -0.3 is 15.5 Å². The van der Waals surface area contributed by atoms with Crippen LogP contribution >= 0.6 is 22.9 Å². The van der Waals surface area contributed by atoms with Crippen molar-refractivity contribution in [3.8, 4) is 5.75 Å². The fraction of sp³-hybridized carbons (Fsp3) is 0.286. The van der Waals surface area contributed by atoms with Crippen molar-refractivity contribution in [2.45, 2.75) is 25.1 Å². The zero-order valence-corrected chi connectivity index (χ0v) is 13.8. The molecule has 0 aliphatic carbocycles. The number of nitrogens with one attached hydrogen (secondary N) is 1. The van der Waals surface area contributed by atoms with Crippen LogP contribution in [0.4, 0.5) is 18.9 Å². The number of aryl methyl sites for hydroxylation is 1. The van der Waals surface area contributed by atoms with Gasteiger partial charge in [-0.15, -0.1) is 11.3 Å². The van der Waals surface area contributed by atoms with Crippen LogP contribution in [-0.4, -0.2) is 27.3 Å². The molecule has 5 nitrogen and oxygen atoms in total. The number of hydrogen-bond acceptors (Lipinski definition) is 5. The third kappa shape index (κ3) is 3.80. The quantitative estimate of drug-likeness (QED) is 0.708. The summed E-state index contributed by atoms with van der Waals surface area (Å²) in [5, 5.41) is 22.7. The first-order valence-corrected chi connectivity index (χ1v) is 7.79. The van der Waals surface area contributed by atoms with Gasteiger partial charge in [0.2, 0.25) is 11.5 Å². The Morgan fingerprint density at radius 2 is 2.08 bits per heavy atom. The van der Waals surface area contributed by atoms with E-state index < -0.39 is 29.1 Å². The van der Waals surface area contributed by atoms with Crippen LogP contribution in [0.3, 0.4) is 0 Å². The minimum Gasteiger partial charge on any atom is -0.506 e. The summed E-state index contributed by atoms with van der Waals surface area (Å²) in [5.41, 5.74) is -3.29. The predicted octanol–water partition coefficient (Wildman–Crippen LogP) is 3.59. The number of carbonyl (C=O) groups excluding carboxylic acids is 1. The molecule has 0 saturated carbocycles. The summed E-state index contributed by atoms with van der Waals surface area (Å²) in [6.45, 7) is 1.47. The molecule has 0 spiro atoms. The van der Waals surface area contributed by atoms with Gasteiger partial charge in [-0.2, -0.15) is 13.2 Å². The number of rotatable bonds is 4.